The van der Waals surface area contributed by atoms with Crippen LogP contribution in [0.25, 0.3) is 10.9 Å². The van der Waals surface area contributed by atoms with Crippen LogP contribution < -0.4 is 5.32 Å². The molecule has 2 aromatic rings. The van der Waals surface area contributed by atoms with Gasteiger partial charge in [-0.2, -0.15) is 0 Å². The summed E-state index contributed by atoms with van der Waals surface area (Å²) in [5, 5.41) is 15.5. The number of hydrogen-bond acceptors (Lipinski definition) is 4. The predicted octanol–water partition coefficient (Wildman–Crippen LogP) is 3.45. The molecule has 1 fully saturated rings. The van der Waals surface area contributed by atoms with Gasteiger partial charge in [0.2, 0.25) is 0 Å². The molecule has 1 aliphatic rings. The molecule has 0 saturated heterocycles. The van der Waals surface area contributed by atoms with Crippen LogP contribution in [0.4, 0.5) is 5.69 Å². The Bertz CT molecular complexity index is 701. The maximum atomic E-state index is 11.3. The molecule has 1 unspecified atom stereocenters. The molecule has 0 aliphatic heterocycles. The van der Waals surface area contributed by atoms with E-state index in [2.05, 4.69) is 26.2 Å². The number of fused-ring (bicyclic) bond motifs is 1. The second-order valence-electron chi connectivity index (χ2n) is 5.48. The minimum absolute atomic E-state index is 0.113. The number of hydrogen-bond donors (Lipinski definition) is 1. The smallest absolute Gasteiger partial charge is 0.291 e. The van der Waals surface area contributed by atoms with Gasteiger partial charge in [0.05, 0.1) is 10.4 Å². The van der Waals surface area contributed by atoms with Crippen LogP contribution in [-0.2, 0) is 6.42 Å². The summed E-state index contributed by atoms with van der Waals surface area (Å²) in [5.41, 5.74) is 1.68. The first-order chi connectivity index (χ1) is 10.1. The molecule has 1 aromatic heterocycles. The third-order valence-electron chi connectivity index (χ3n) is 4.10. The van der Waals surface area contributed by atoms with E-state index in [1.165, 1.54) is 19.0 Å². The van der Waals surface area contributed by atoms with Gasteiger partial charge in [-0.15, -0.1) is 0 Å². The van der Waals surface area contributed by atoms with E-state index in [1.54, 1.807) is 0 Å². The number of aromatic nitrogens is 1. The maximum Gasteiger partial charge on any atom is 0.291 e. The van der Waals surface area contributed by atoms with Crippen molar-refractivity contribution in [3.05, 3.63) is 44.5 Å². The number of likely N-dealkylation sites (N-methyl/N-ethyl adjacent to an activating group) is 1. The predicted molar refractivity (Wildman–Crippen MR) is 85.4 cm³/mol. The van der Waals surface area contributed by atoms with Crippen molar-refractivity contribution >= 4 is 32.5 Å². The number of rotatable bonds is 5. The minimum Gasteiger partial charge on any atom is -0.316 e. The molecule has 1 aliphatic carbocycles. The third-order valence-corrected chi connectivity index (χ3v) is 4.59. The fraction of sp³-hybridized carbons (Fsp3) is 0.400. The molecule has 0 bridgehead atoms. The van der Waals surface area contributed by atoms with Crippen molar-refractivity contribution in [2.24, 2.45) is 5.92 Å². The van der Waals surface area contributed by atoms with Crippen LogP contribution in [0, 0.1) is 16.0 Å². The van der Waals surface area contributed by atoms with Crippen LogP contribution in [-0.4, -0.2) is 23.0 Å². The van der Waals surface area contributed by atoms with Crippen LogP contribution in [0.15, 0.2) is 28.9 Å². The molecule has 1 atom stereocenters. The topological polar surface area (TPSA) is 68.1 Å². The first-order valence-electron chi connectivity index (χ1n) is 6.99. The second-order valence-corrected chi connectivity index (χ2v) is 6.39. The third kappa shape index (κ3) is 2.91. The summed E-state index contributed by atoms with van der Waals surface area (Å²) < 4.78 is 0.908. The van der Waals surface area contributed by atoms with Crippen LogP contribution in [0.5, 0.6) is 0 Å². The zero-order chi connectivity index (χ0) is 15.0. The first kappa shape index (κ1) is 14.4. The molecule has 0 radical (unpaired) electrons. The highest BCUT2D eigenvalue weighted by Gasteiger charge is 2.32. The van der Waals surface area contributed by atoms with Gasteiger partial charge in [0.25, 0.3) is 5.69 Å². The Hall–Kier alpha value is -1.53. The first-order valence-corrected chi connectivity index (χ1v) is 7.78. The zero-order valence-electron chi connectivity index (χ0n) is 11.7. The number of nitrogens with one attached hydrogen (secondary N) is 1. The lowest BCUT2D eigenvalue weighted by molar-refractivity contribution is -0.385. The Labute approximate surface area is 131 Å². The summed E-state index contributed by atoms with van der Waals surface area (Å²) in [6.45, 7) is 0. The SMILES string of the molecule is CNC(Cc1c([N+](=O)[O-])cnc2ccc(Br)cc12)C1CC1. The van der Waals surface area contributed by atoms with E-state index in [0.29, 0.717) is 12.3 Å². The van der Waals surface area contributed by atoms with E-state index >= 15 is 0 Å². The Kier molecular flexibility index (Phi) is 3.91. The molecular formula is C15H16BrN3O2. The number of benzene rings is 1. The molecule has 1 N–H and O–H groups in total. The van der Waals surface area contributed by atoms with Gasteiger partial charge in [-0.3, -0.25) is 10.1 Å². The Morgan fingerprint density at radius 2 is 2.29 bits per heavy atom. The molecular weight excluding hydrogens is 334 g/mol. The van der Waals surface area contributed by atoms with Gasteiger partial charge in [-0.05, 0) is 50.4 Å². The second kappa shape index (κ2) is 5.69. The van der Waals surface area contributed by atoms with Gasteiger partial charge in [0, 0.05) is 21.5 Å². The number of nitrogens with zero attached hydrogens (tertiary/aromatic N) is 2. The lowest BCUT2D eigenvalue weighted by Gasteiger charge is -2.16. The fourth-order valence-corrected chi connectivity index (χ4v) is 3.17. The fourth-order valence-electron chi connectivity index (χ4n) is 2.80. The van der Waals surface area contributed by atoms with Crippen molar-refractivity contribution in [2.45, 2.75) is 25.3 Å². The number of pyridine rings is 1. The highest BCUT2D eigenvalue weighted by Crippen LogP contribution is 2.37. The molecule has 6 heteroatoms. The number of nitro groups is 1. The normalized spacial score (nSPS) is 16.1. The monoisotopic (exact) mass is 349 g/mol. The molecule has 5 nitrogen and oxygen atoms in total. The zero-order valence-corrected chi connectivity index (χ0v) is 13.3. The van der Waals surface area contributed by atoms with Gasteiger partial charge >= 0.3 is 0 Å². The molecule has 1 saturated carbocycles. The van der Waals surface area contributed by atoms with Crippen molar-refractivity contribution < 1.29 is 4.92 Å². The van der Waals surface area contributed by atoms with E-state index in [-0.39, 0.29) is 16.7 Å². The summed E-state index contributed by atoms with van der Waals surface area (Å²) in [5.74, 6) is 0.630. The highest BCUT2D eigenvalue weighted by atomic mass is 79.9. The quantitative estimate of drug-likeness (QED) is 0.663. The lowest BCUT2D eigenvalue weighted by Crippen LogP contribution is -2.30. The number of halogens is 1. The average molecular weight is 350 g/mol. The van der Waals surface area contributed by atoms with Crippen molar-refractivity contribution in [1.29, 1.82) is 0 Å². The Morgan fingerprint density at radius 3 is 2.90 bits per heavy atom. The van der Waals surface area contributed by atoms with E-state index in [0.717, 1.165) is 20.9 Å². The maximum absolute atomic E-state index is 11.3. The van der Waals surface area contributed by atoms with Crippen molar-refractivity contribution in [3.63, 3.8) is 0 Å². The average Bonchev–Trinajstić information content (AvgIpc) is 3.28. The van der Waals surface area contributed by atoms with E-state index < -0.39 is 0 Å². The van der Waals surface area contributed by atoms with Gasteiger partial charge in [-0.1, -0.05) is 15.9 Å². The highest BCUT2D eigenvalue weighted by molar-refractivity contribution is 9.10. The van der Waals surface area contributed by atoms with Gasteiger partial charge in [0.15, 0.2) is 0 Å². The van der Waals surface area contributed by atoms with Crippen LogP contribution in [0.1, 0.15) is 18.4 Å². The molecule has 1 heterocycles. The van der Waals surface area contributed by atoms with Crippen LogP contribution in [0.3, 0.4) is 0 Å². The van der Waals surface area contributed by atoms with Crippen LogP contribution >= 0.6 is 15.9 Å². The van der Waals surface area contributed by atoms with Crippen molar-refractivity contribution in [1.82, 2.24) is 10.3 Å². The molecule has 110 valence electrons. The summed E-state index contributed by atoms with van der Waals surface area (Å²) in [7, 11) is 1.92. The molecule has 1 aromatic carbocycles. The standard InChI is InChI=1S/C15H16BrN3O2/c1-17-14(9-2-3-9)7-12-11-6-10(16)4-5-13(11)18-8-15(12)19(20)21/h4-6,8-9,14,17H,2-3,7H2,1H3. The van der Waals surface area contributed by atoms with E-state index in [4.69, 9.17) is 0 Å². The summed E-state index contributed by atoms with van der Waals surface area (Å²) in [6.07, 6.45) is 4.44. The van der Waals surface area contributed by atoms with E-state index in [9.17, 15) is 10.1 Å². The summed E-state index contributed by atoms with van der Waals surface area (Å²) >= 11 is 3.44. The van der Waals surface area contributed by atoms with Crippen molar-refractivity contribution in [2.75, 3.05) is 7.05 Å². The van der Waals surface area contributed by atoms with Crippen LogP contribution in [0.2, 0.25) is 0 Å². The molecule has 0 amide bonds. The summed E-state index contributed by atoms with van der Waals surface area (Å²) in [6, 6.07) is 6.00. The minimum atomic E-state index is -0.331. The molecule has 3 rings (SSSR count). The van der Waals surface area contributed by atoms with Crippen molar-refractivity contribution in [3.8, 4) is 0 Å². The lowest BCUT2D eigenvalue weighted by atomic mass is 9.97. The Balaban J connectivity index is 2.12. The van der Waals surface area contributed by atoms with Gasteiger partial charge in [-0.25, -0.2) is 4.98 Å². The van der Waals surface area contributed by atoms with E-state index in [1.807, 2.05) is 25.2 Å². The largest absolute Gasteiger partial charge is 0.316 e. The molecule has 21 heavy (non-hydrogen) atoms. The van der Waals surface area contributed by atoms with Gasteiger partial charge < -0.3 is 5.32 Å². The summed E-state index contributed by atoms with van der Waals surface area (Å²) in [4.78, 5) is 15.2. The Morgan fingerprint density at radius 1 is 1.52 bits per heavy atom. The molecule has 0 spiro atoms. The van der Waals surface area contributed by atoms with Gasteiger partial charge in [0.1, 0.15) is 6.20 Å².